The van der Waals surface area contributed by atoms with E-state index in [4.69, 9.17) is 4.74 Å². The van der Waals surface area contributed by atoms with Gasteiger partial charge in [-0.1, -0.05) is 15.9 Å². The summed E-state index contributed by atoms with van der Waals surface area (Å²) >= 11 is 3.23. The summed E-state index contributed by atoms with van der Waals surface area (Å²) in [5.41, 5.74) is 0. The molecular weight excluding hydrogens is 301 g/mol. The quantitative estimate of drug-likeness (QED) is 0.596. The molecule has 0 aliphatic carbocycles. The Bertz CT molecular complexity index is 381. The van der Waals surface area contributed by atoms with E-state index in [1.807, 2.05) is 0 Å². The van der Waals surface area contributed by atoms with Crippen LogP contribution >= 0.6 is 15.9 Å². The molecule has 0 aromatic heterocycles. The fraction of sp³-hybridized carbons (Fsp3) is 0.462. The second-order valence-electron chi connectivity index (χ2n) is 4.03. The van der Waals surface area contributed by atoms with Crippen molar-refractivity contribution >= 4 is 21.8 Å². The summed E-state index contributed by atoms with van der Waals surface area (Å²) in [5.74, 6) is 0.412. The Hall–Kier alpha value is -1.10. The zero-order valence-electron chi connectivity index (χ0n) is 10.5. The van der Waals surface area contributed by atoms with E-state index >= 15 is 0 Å². The molecule has 0 bridgehead atoms. The van der Waals surface area contributed by atoms with Crippen LogP contribution in [-0.2, 0) is 4.79 Å². The van der Waals surface area contributed by atoms with E-state index in [1.54, 1.807) is 31.0 Å². The molecule has 1 amide bonds. The second kappa shape index (κ2) is 7.36. The number of hydrogen-bond donors (Lipinski definition) is 0. The zero-order valence-corrected chi connectivity index (χ0v) is 12.1. The molecule has 0 saturated heterocycles. The first-order valence-electron chi connectivity index (χ1n) is 5.78. The average Bonchev–Trinajstić information content (AvgIpc) is 2.35. The van der Waals surface area contributed by atoms with Gasteiger partial charge in [-0.3, -0.25) is 4.79 Å². The van der Waals surface area contributed by atoms with E-state index in [9.17, 15) is 9.18 Å². The third-order valence-electron chi connectivity index (χ3n) is 2.44. The SMILES string of the molecule is CC(Br)C(=O)N(C)CCCOc1ccc(F)cc1. The summed E-state index contributed by atoms with van der Waals surface area (Å²) in [5, 5.41) is 0. The number of alkyl halides is 1. The van der Waals surface area contributed by atoms with Crippen LogP contribution in [0, 0.1) is 5.82 Å². The predicted molar refractivity (Wildman–Crippen MR) is 72.5 cm³/mol. The molecule has 0 radical (unpaired) electrons. The van der Waals surface area contributed by atoms with Crippen molar-refractivity contribution in [2.24, 2.45) is 0 Å². The lowest BCUT2D eigenvalue weighted by Crippen LogP contribution is -2.33. The van der Waals surface area contributed by atoms with Crippen LogP contribution in [0.5, 0.6) is 5.75 Å². The van der Waals surface area contributed by atoms with Crippen molar-refractivity contribution < 1.29 is 13.9 Å². The Kier molecular flexibility index (Phi) is 6.12. The van der Waals surface area contributed by atoms with Crippen LogP contribution in [0.4, 0.5) is 4.39 Å². The van der Waals surface area contributed by atoms with Crippen molar-refractivity contribution in [3.8, 4) is 5.75 Å². The summed E-state index contributed by atoms with van der Waals surface area (Å²) in [6, 6.07) is 5.89. The number of carbonyl (C=O) groups excluding carboxylic acids is 1. The number of amides is 1. The Morgan fingerprint density at radius 3 is 2.61 bits per heavy atom. The Balaban J connectivity index is 2.22. The van der Waals surface area contributed by atoms with Crippen molar-refractivity contribution in [1.82, 2.24) is 4.90 Å². The highest BCUT2D eigenvalue weighted by molar-refractivity contribution is 9.10. The molecule has 3 nitrogen and oxygen atoms in total. The standard InChI is InChI=1S/C13H17BrFNO2/c1-10(14)13(17)16(2)8-3-9-18-12-6-4-11(15)5-7-12/h4-7,10H,3,8-9H2,1-2H3. The Morgan fingerprint density at radius 2 is 2.06 bits per heavy atom. The summed E-state index contributed by atoms with van der Waals surface area (Å²) in [7, 11) is 1.76. The van der Waals surface area contributed by atoms with Gasteiger partial charge in [0.1, 0.15) is 11.6 Å². The van der Waals surface area contributed by atoms with Gasteiger partial charge in [0.2, 0.25) is 5.91 Å². The highest BCUT2D eigenvalue weighted by atomic mass is 79.9. The Labute approximate surface area is 115 Å². The molecule has 0 aliphatic rings. The summed E-state index contributed by atoms with van der Waals surface area (Å²) in [4.78, 5) is 13.0. The van der Waals surface area contributed by atoms with Crippen LogP contribution in [0.3, 0.4) is 0 Å². The number of halogens is 2. The number of rotatable bonds is 6. The van der Waals surface area contributed by atoms with Crippen LogP contribution in [0.2, 0.25) is 0 Å². The smallest absolute Gasteiger partial charge is 0.235 e. The van der Waals surface area contributed by atoms with Crippen LogP contribution in [0.15, 0.2) is 24.3 Å². The molecule has 0 N–H and O–H groups in total. The van der Waals surface area contributed by atoms with Gasteiger partial charge in [-0.25, -0.2) is 4.39 Å². The second-order valence-corrected chi connectivity index (χ2v) is 5.41. The van der Waals surface area contributed by atoms with Crippen molar-refractivity contribution in [3.05, 3.63) is 30.1 Å². The molecule has 1 aromatic carbocycles. The van der Waals surface area contributed by atoms with E-state index in [0.717, 1.165) is 6.42 Å². The average molecular weight is 318 g/mol. The minimum atomic E-state index is -0.279. The van der Waals surface area contributed by atoms with Gasteiger partial charge in [0.25, 0.3) is 0 Å². The molecule has 1 atom stereocenters. The van der Waals surface area contributed by atoms with Crippen LogP contribution < -0.4 is 4.74 Å². The van der Waals surface area contributed by atoms with Gasteiger partial charge < -0.3 is 9.64 Å². The maximum Gasteiger partial charge on any atom is 0.235 e. The van der Waals surface area contributed by atoms with Crippen molar-refractivity contribution in [2.75, 3.05) is 20.2 Å². The predicted octanol–water partition coefficient (Wildman–Crippen LogP) is 2.84. The molecule has 18 heavy (non-hydrogen) atoms. The molecule has 1 aromatic rings. The lowest BCUT2D eigenvalue weighted by molar-refractivity contribution is -0.128. The first-order valence-corrected chi connectivity index (χ1v) is 6.69. The lowest BCUT2D eigenvalue weighted by atomic mass is 10.3. The Morgan fingerprint density at radius 1 is 1.44 bits per heavy atom. The molecule has 0 aliphatic heterocycles. The van der Waals surface area contributed by atoms with Crippen molar-refractivity contribution in [2.45, 2.75) is 18.2 Å². The topological polar surface area (TPSA) is 29.5 Å². The summed E-state index contributed by atoms with van der Waals surface area (Å²) < 4.78 is 18.1. The number of benzene rings is 1. The van der Waals surface area contributed by atoms with E-state index < -0.39 is 0 Å². The maximum absolute atomic E-state index is 12.6. The highest BCUT2D eigenvalue weighted by Crippen LogP contribution is 2.11. The van der Waals surface area contributed by atoms with Gasteiger partial charge in [0.15, 0.2) is 0 Å². The van der Waals surface area contributed by atoms with E-state index in [1.165, 1.54) is 12.1 Å². The first-order chi connectivity index (χ1) is 8.50. The fourth-order valence-electron chi connectivity index (χ4n) is 1.44. The molecule has 1 rings (SSSR count). The monoisotopic (exact) mass is 317 g/mol. The molecule has 0 saturated carbocycles. The third-order valence-corrected chi connectivity index (χ3v) is 2.83. The van der Waals surface area contributed by atoms with Crippen molar-refractivity contribution in [1.29, 1.82) is 0 Å². The minimum Gasteiger partial charge on any atom is -0.494 e. The lowest BCUT2D eigenvalue weighted by Gasteiger charge is -2.18. The first kappa shape index (κ1) is 15.0. The van der Waals surface area contributed by atoms with Gasteiger partial charge in [-0.2, -0.15) is 0 Å². The largest absolute Gasteiger partial charge is 0.494 e. The van der Waals surface area contributed by atoms with E-state index in [-0.39, 0.29) is 16.6 Å². The molecule has 100 valence electrons. The van der Waals surface area contributed by atoms with Crippen LogP contribution in [0.25, 0.3) is 0 Å². The number of carbonyl (C=O) groups is 1. The van der Waals surface area contributed by atoms with Gasteiger partial charge in [-0.15, -0.1) is 0 Å². The number of ether oxygens (including phenoxy) is 1. The molecular formula is C13H17BrFNO2. The molecule has 1 unspecified atom stereocenters. The highest BCUT2D eigenvalue weighted by Gasteiger charge is 2.13. The summed E-state index contributed by atoms with van der Waals surface area (Å²) in [6.45, 7) is 2.93. The van der Waals surface area contributed by atoms with Gasteiger partial charge in [0.05, 0.1) is 11.4 Å². The third kappa shape index (κ3) is 5.04. The summed E-state index contributed by atoms with van der Waals surface area (Å²) in [6.07, 6.45) is 0.735. The number of hydrogen-bond acceptors (Lipinski definition) is 2. The molecule has 0 spiro atoms. The van der Waals surface area contributed by atoms with Gasteiger partial charge >= 0.3 is 0 Å². The molecule has 5 heteroatoms. The van der Waals surface area contributed by atoms with Crippen LogP contribution in [-0.4, -0.2) is 35.8 Å². The maximum atomic E-state index is 12.6. The molecule has 0 heterocycles. The van der Waals surface area contributed by atoms with E-state index in [0.29, 0.717) is 18.9 Å². The fourth-order valence-corrected chi connectivity index (χ4v) is 1.79. The van der Waals surface area contributed by atoms with Gasteiger partial charge in [0, 0.05) is 13.6 Å². The van der Waals surface area contributed by atoms with Gasteiger partial charge in [-0.05, 0) is 37.6 Å². The number of nitrogens with zero attached hydrogens (tertiary/aromatic N) is 1. The van der Waals surface area contributed by atoms with Crippen LogP contribution in [0.1, 0.15) is 13.3 Å². The zero-order chi connectivity index (χ0) is 13.5. The molecule has 0 fully saturated rings. The van der Waals surface area contributed by atoms with Crippen molar-refractivity contribution in [3.63, 3.8) is 0 Å². The minimum absolute atomic E-state index is 0.0526. The van der Waals surface area contributed by atoms with E-state index in [2.05, 4.69) is 15.9 Å². The normalized spacial score (nSPS) is 12.0.